The van der Waals surface area contributed by atoms with E-state index >= 15 is 0 Å². The van der Waals surface area contributed by atoms with Crippen LogP contribution in [0.25, 0.3) is 0 Å². The standard InChI is InChI=1S/C16H32O2/c1-5-9-10-13(6-2)12-18-15-11-14(17)16(15,7-3)8-4/h13-15,17H,5-12H2,1-4H3. The van der Waals surface area contributed by atoms with Crippen molar-refractivity contribution in [3.8, 4) is 0 Å². The number of rotatable bonds is 9. The predicted octanol–water partition coefficient (Wildman–Crippen LogP) is 4.16. The van der Waals surface area contributed by atoms with Gasteiger partial charge in [0, 0.05) is 18.4 Å². The van der Waals surface area contributed by atoms with Gasteiger partial charge in [0.1, 0.15) is 0 Å². The van der Waals surface area contributed by atoms with Gasteiger partial charge in [-0.2, -0.15) is 0 Å². The molecule has 1 fully saturated rings. The van der Waals surface area contributed by atoms with Gasteiger partial charge in [-0.15, -0.1) is 0 Å². The summed E-state index contributed by atoms with van der Waals surface area (Å²) in [6.45, 7) is 9.74. The maximum atomic E-state index is 10.0. The van der Waals surface area contributed by atoms with Crippen LogP contribution in [0.15, 0.2) is 0 Å². The maximum absolute atomic E-state index is 10.0. The highest BCUT2D eigenvalue weighted by Crippen LogP contribution is 2.49. The Bertz CT molecular complexity index is 223. The number of unbranched alkanes of at least 4 members (excludes halogenated alkanes) is 1. The SMILES string of the molecule is CCCCC(CC)COC1CC(O)C1(CC)CC. The van der Waals surface area contributed by atoms with Gasteiger partial charge in [-0.05, 0) is 25.2 Å². The molecule has 0 amide bonds. The molecule has 0 aromatic heterocycles. The molecule has 18 heavy (non-hydrogen) atoms. The van der Waals surface area contributed by atoms with E-state index in [1.807, 2.05) is 0 Å². The van der Waals surface area contributed by atoms with Crippen LogP contribution in [0.5, 0.6) is 0 Å². The lowest BCUT2D eigenvalue weighted by molar-refractivity contribution is -0.200. The number of hydrogen-bond donors (Lipinski definition) is 1. The van der Waals surface area contributed by atoms with Gasteiger partial charge in [0.25, 0.3) is 0 Å². The quantitative estimate of drug-likeness (QED) is 0.671. The molecule has 0 aromatic carbocycles. The summed E-state index contributed by atoms with van der Waals surface area (Å²) < 4.78 is 6.14. The second-order valence-corrected chi connectivity index (χ2v) is 5.93. The van der Waals surface area contributed by atoms with E-state index in [0.29, 0.717) is 5.92 Å². The molecule has 0 saturated heterocycles. The second-order valence-electron chi connectivity index (χ2n) is 5.93. The van der Waals surface area contributed by atoms with Crippen molar-refractivity contribution in [2.24, 2.45) is 11.3 Å². The van der Waals surface area contributed by atoms with Crippen LogP contribution < -0.4 is 0 Å². The van der Waals surface area contributed by atoms with E-state index < -0.39 is 0 Å². The zero-order valence-electron chi connectivity index (χ0n) is 12.7. The minimum Gasteiger partial charge on any atom is -0.392 e. The first kappa shape index (κ1) is 16.0. The van der Waals surface area contributed by atoms with Crippen LogP contribution in [-0.4, -0.2) is 23.9 Å². The van der Waals surface area contributed by atoms with Crippen molar-refractivity contribution in [3.05, 3.63) is 0 Å². The molecule has 0 radical (unpaired) electrons. The number of aliphatic hydroxyl groups is 1. The molecule has 1 saturated carbocycles. The molecule has 0 spiro atoms. The molecule has 2 heteroatoms. The molecule has 2 nitrogen and oxygen atoms in total. The van der Waals surface area contributed by atoms with Crippen LogP contribution >= 0.6 is 0 Å². The zero-order chi connectivity index (χ0) is 13.6. The largest absolute Gasteiger partial charge is 0.392 e. The molecular weight excluding hydrogens is 224 g/mol. The van der Waals surface area contributed by atoms with Crippen molar-refractivity contribution in [1.29, 1.82) is 0 Å². The van der Waals surface area contributed by atoms with Gasteiger partial charge in [-0.1, -0.05) is 47.0 Å². The predicted molar refractivity (Wildman–Crippen MR) is 76.7 cm³/mol. The fraction of sp³-hybridized carbons (Fsp3) is 1.00. The average molecular weight is 256 g/mol. The molecule has 3 atom stereocenters. The monoisotopic (exact) mass is 256 g/mol. The minimum atomic E-state index is -0.145. The summed E-state index contributed by atoms with van der Waals surface area (Å²) >= 11 is 0. The van der Waals surface area contributed by atoms with Crippen LogP contribution in [0.4, 0.5) is 0 Å². The topological polar surface area (TPSA) is 29.5 Å². The Morgan fingerprint density at radius 1 is 1.22 bits per heavy atom. The molecule has 0 aromatic rings. The average Bonchev–Trinajstić information content (AvgIpc) is 2.39. The summed E-state index contributed by atoms with van der Waals surface area (Å²) in [5.74, 6) is 0.703. The summed E-state index contributed by atoms with van der Waals surface area (Å²) in [6.07, 6.45) is 8.11. The summed E-state index contributed by atoms with van der Waals surface area (Å²) in [5.41, 5.74) is 0.0447. The van der Waals surface area contributed by atoms with Crippen molar-refractivity contribution in [2.45, 2.75) is 84.8 Å². The van der Waals surface area contributed by atoms with Crippen LogP contribution in [0.2, 0.25) is 0 Å². The second kappa shape index (κ2) is 7.49. The number of ether oxygens (including phenoxy) is 1. The van der Waals surface area contributed by atoms with Gasteiger partial charge in [-0.3, -0.25) is 0 Å². The van der Waals surface area contributed by atoms with Crippen LogP contribution in [0.1, 0.15) is 72.6 Å². The van der Waals surface area contributed by atoms with Crippen molar-refractivity contribution in [2.75, 3.05) is 6.61 Å². The van der Waals surface area contributed by atoms with Gasteiger partial charge in [0.2, 0.25) is 0 Å². The third-order valence-electron chi connectivity index (χ3n) is 5.14. The Labute approximate surface area is 113 Å². The first-order valence-corrected chi connectivity index (χ1v) is 7.94. The van der Waals surface area contributed by atoms with E-state index in [9.17, 15) is 5.11 Å². The lowest BCUT2D eigenvalue weighted by Crippen LogP contribution is -2.57. The Kier molecular flexibility index (Phi) is 6.65. The van der Waals surface area contributed by atoms with Crippen molar-refractivity contribution < 1.29 is 9.84 Å². The Balaban J connectivity index is 2.38. The van der Waals surface area contributed by atoms with E-state index in [1.54, 1.807) is 0 Å². The van der Waals surface area contributed by atoms with Crippen molar-refractivity contribution >= 4 is 0 Å². The van der Waals surface area contributed by atoms with E-state index in [-0.39, 0.29) is 17.6 Å². The highest BCUT2D eigenvalue weighted by atomic mass is 16.5. The molecule has 108 valence electrons. The highest BCUT2D eigenvalue weighted by Gasteiger charge is 2.52. The molecule has 1 aliphatic carbocycles. The normalized spacial score (nSPS) is 27.8. The summed E-state index contributed by atoms with van der Waals surface area (Å²) in [6, 6.07) is 0. The van der Waals surface area contributed by atoms with Crippen molar-refractivity contribution in [3.63, 3.8) is 0 Å². The number of hydrogen-bond acceptors (Lipinski definition) is 2. The fourth-order valence-corrected chi connectivity index (χ4v) is 3.29. The highest BCUT2D eigenvalue weighted by molar-refractivity contribution is 5.02. The van der Waals surface area contributed by atoms with Gasteiger partial charge in [0.05, 0.1) is 12.2 Å². The smallest absolute Gasteiger partial charge is 0.0680 e. The van der Waals surface area contributed by atoms with Gasteiger partial charge < -0.3 is 9.84 Å². The first-order chi connectivity index (χ1) is 8.64. The van der Waals surface area contributed by atoms with Gasteiger partial charge in [0.15, 0.2) is 0 Å². The van der Waals surface area contributed by atoms with E-state index in [0.717, 1.165) is 25.9 Å². The van der Waals surface area contributed by atoms with E-state index in [1.165, 1.54) is 25.7 Å². The summed E-state index contributed by atoms with van der Waals surface area (Å²) in [4.78, 5) is 0. The van der Waals surface area contributed by atoms with Gasteiger partial charge >= 0.3 is 0 Å². The lowest BCUT2D eigenvalue weighted by atomic mass is 9.60. The van der Waals surface area contributed by atoms with Crippen LogP contribution in [0.3, 0.4) is 0 Å². The fourth-order valence-electron chi connectivity index (χ4n) is 3.29. The molecule has 0 aliphatic heterocycles. The van der Waals surface area contributed by atoms with Crippen molar-refractivity contribution in [1.82, 2.24) is 0 Å². The van der Waals surface area contributed by atoms with Crippen LogP contribution in [-0.2, 0) is 4.74 Å². The summed E-state index contributed by atoms with van der Waals surface area (Å²) in [7, 11) is 0. The van der Waals surface area contributed by atoms with E-state index in [4.69, 9.17) is 4.74 Å². The molecule has 1 N–H and O–H groups in total. The molecule has 1 rings (SSSR count). The van der Waals surface area contributed by atoms with Gasteiger partial charge in [-0.25, -0.2) is 0 Å². The molecular formula is C16H32O2. The maximum Gasteiger partial charge on any atom is 0.0680 e. The Hall–Kier alpha value is -0.0800. The molecule has 0 bridgehead atoms. The van der Waals surface area contributed by atoms with E-state index in [2.05, 4.69) is 27.7 Å². The molecule has 3 unspecified atom stereocenters. The lowest BCUT2D eigenvalue weighted by Gasteiger charge is -2.53. The van der Waals surface area contributed by atoms with Crippen LogP contribution in [0, 0.1) is 11.3 Å². The molecule has 1 aliphatic rings. The zero-order valence-corrected chi connectivity index (χ0v) is 12.7. The minimum absolute atomic E-state index is 0.0447. The first-order valence-electron chi connectivity index (χ1n) is 7.94. The molecule has 0 heterocycles. The Morgan fingerprint density at radius 3 is 2.33 bits per heavy atom. The third kappa shape index (κ3) is 3.27. The Morgan fingerprint density at radius 2 is 1.89 bits per heavy atom. The number of aliphatic hydroxyl groups excluding tert-OH is 1. The summed E-state index contributed by atoms with van der Waals surface area (Å²) in [5, 5.41) is 10.0. The third-order valence-corrected chi connectivity index (χ3v) is 5.14.